The minimum atomic E-state index is -0.646. The average molecular weight is 379 g/mol. The molecule has 2 aromatic rings. The molecule has 2 aromatic carbocycles. The Morgan fingerprint density at radius 3 is 2.39 bits per heavy atom. The highest BCUT2D eigenvalue weighted by Gasteiger charge is 2.44. The Hall–Kier alpha value is -3.15. The van der Waals surface area contributed by atoms with Crippen molar-refractivity contribution in [2.24, 2.45) is 0 Å². The number of para-hydroxylation sites is 1. The number of rotatable bonds is 5. The molecule has 1 atom stereocenters. The molecule has 146 valence electrons. The monoisotopic (exact) mass is 379 g/mol. The summed E-state index contributed by atoms with van der Waals surface area (Å²) in [6.07, 6.45) is 0.775. The van der Waals surface area contributed by atoms with Crippen molar-refractivity contribution in [1.82, 2.24) is 4.90 Å². The van der Waals surface area contributed by atoms with E-state index in [2.05, 4.69) is 5.32 Å². The predicted molar refractivity (Wildman–Crippen MR) is 109 cm³/mol. The first-order valence-electron chi connectivity index (χ1n) is 9.43. The summed E-state index contributed by atoms with van der Waals surface area (Å²) in [5.41, 5.74) is 4.42. The van der Waals surface area contributed by atoms with Crippen molar-refractivity contribution >= 4 is 29.2 Å². The molecule has 1 unspecified atom stereocenters. The second kappa shape index (κ2) is 7.84. The molecule has 1 saturated heterocycles. The molecule has 1 aliphatic rings. The lowest BCUT2D eigenvalue weighted by molar-refractivity contribution is -0.130. The van der Waals surface area contributed by atoms with Crippen LogP contribution in [-0.2, 0) is 16.0 Å². The van der Waals surface area contributed by atoms with E-state index in [1.807, 2.05) is 51.1 Å². The van der Waals surface area contributed by atoms with Crippen molar-refractivity contribution in [2.75, 3.05) is 16.8 Å². The number of amides is 4. The molecule has 0 bridgehead atoms. The highest BCUT2D eigenvalue weighted by atomic mass is 16.2. The standard InChI is InChI=1S/C22H25N3O3/c1-5-17-8-6-7-15(3)20(17)23-19(26)13-24-21(27)16(4)25(22(24)28)18-11-9-14(2)10-12-18/h6-12,16H,5,13H2,1-4H3,(H,23,26). The van der Waals surface area contributed by atoms with Crippen LogP contribution < -0.4 is 10.2 Å². The molecule has 6 heteroatoms. The molecule has 1 fully saturated rings. The Morgan fingerprint density at radius 1 is 1.07 bits per heavy atom. The minimum absolute atomic E-state index is 0.304. The Morgan fingerprint density at radius 2 is 1.75 bits per heavy atom. The van der Waals surface area contributed by atoms with Crippen molar-refractivity contribution in [1.29, 1.82) is 0 Å². The molecule has 4 amide bonds. The highest BCUT2D eigenvalue weighted by Crippen LogP contribution is 2.26. The number of anilines is 2. The van der Waals surface area contributed by atoms with Gasteiger partial charge in [0.2, 0.25) is 5.91 Å². The third-order valence-electron chi connectivity index (χ3n) is 5.07. The van der Waals surface area contributed by atoms with Gasteiger partial charge in [0.1, 0.15) is 12.6 Å². The van der Waals surface area contributed by atoms with Gasteiger partial charge in [-0.1, -0.05) is 42.8 Å². The fourth-order valence-corrected chi connectivity index (χ4v) is 3.44. The van der Waals surface area contributed by atoms with Crippen LogP contribution in [0.25, 0.3) is 0 Å². The van der Waals surface area contributed by atoms with E-state index < -0.39 is 12.1 Å². The molecule has 1 heterocycles. The first-order valence-corrected chi connectivity index (χ1v) is 9.43. The highest BCUT2D eigenvalue weighted by molar-refractivity contribution is 6.16. The second-order valence-corrected chi connectivity index (χ2v) is 7.10. The molecule has 28 heavy (non-hydrogen) atoms. The number of hydrogen-bond donors (Lipinski definition) is 1. The minimum Gasteiger partial charge on any atom is -0.324 e. The van der Waals surface area contributed by atoms with Crippen molar-refractivity contribution in [3.63, 3.8) is 0 Å². The maximum absolute atomic E-state index is 12.8. The first kappa shape index (κ1) is 19.6. The maximum atomic E-state index is 12.8. The first-order chi connectivity index (χ1) is 13.3. The fourth-order valence-electron chi connectivity index (χ4n) is 3.44. The zero-order valence-corrected chi connectivity index (χ0v) is 16.7. The molecule has 1 N–H and O–H groups in total. The summed E-state index contributed by atoms with van der Waals surface area (Å²) in [6.45, 7) is 7.26. The molecule has 1 aliphatic heterocycles. The third kappa shape index (κ3) is 3.63. The van der Waals surface area contributed by atoms with Gasteiger partial charge in [-0.25, -0.2) is 4.79 Å². The topological polar surface area (TPSA) is 69.7 Å². The van der Waals surface area contributed by atoms with E-state index in [-0.39, 0.29) is 18.4 Å². The Kier molecular flexibility index (Phi) is 5.49. The number of imide groups is 1. The second-order valence-electron chi connectivity index (χ2n) is 7.10. The Balaban J connectivity index is 1.77. The maximum Gasteiger partial charge on any atom is 0.332 e. The molecule has 0 aromatic heterocycles. The third-order valence-corrected chi connectivity index (χ3v) is 5.07. The summed E-state index contributed by atoms with van der Waals surface area (Å²) in [7, 11) is 0. The van der Waals surface area contributed by atoms with Crippen LogP contribution in [0, 0.1) is 13.8 Å². The summed E-state index contributed by atoms with van der Waals surface area (Å²) in [5.74, 6) is -0.759. The number of aryl methyl sites for hydroxylation is 3. The largest absolute Gasteiger partial charge is 0.332 e. The predicted octanol–water partition coefficient (Wildman–Crippen LogP) is 3.66. The zero-order valence-electron chi connectivity index (χ0n) is 16.7. The number of nitrogens with zero attached hydrogens (tertiary/aromatic N) is 2. The van der Waals surface area contributed by atoms with Crippen LogP contribution in [-0.4, -0.2) is 35.3 Å². The lowest BCUT2D eigenvalue weighted by Crippen LogP contribution is -2.39. The van der Waals surface area contributed by atoms with Gasteiger partial charge >= 0.3 is 6.03 Å². The van der Waals surface area contributed by atoms with Crippen LogP contribution in [0.5, 0.6) is 0 Å². The van der Waals surface area contributed by atoms with E-state index in [1.54, 1.807) is 19.1 Å². The SMILES string of the molecule is CCc1cccc(C)c1NC(=O)CN1C(=O)C(C)N(c2ccc(C)cc2)C1=O. The average Bonchev–Trinajstić information content (AvgIpc) is 2.88. The smallest absolute Gasteiger partial charge is 0.324 e. The molecular formula is C22H25N3O3. The van der Waals surface area contributed by atoms with Crippen molar-refractivity contribution in [2.45, 2.75) is 40.2 Å². The van der Waals surface area contributed by atoms with E-state index >= 15 is 0 Å². The van der Waals surface area contributed by atoms with Crippen molar-refractivity contribution in [3.05, 3.63) is 59.2 Å². The van der Waals surface area contributed by atoms with Gasteiger partial charge in [-0.05, 0) is 50.5 Å². The van der Waals surface area contributed by atoms with Crippen LogP contribution in [0.15, 0.2) is 42.5 Å². The van der Waals surface area contributed by atoms with Gasteiger partial charge in [0.05, 0.1) is 0 Å². The van der Waals surface area contributed by atoms with Gasteiger partial charge in [-0.2, -0.15) is 0 Å². The number of carbonyl (C=O) groups is 3. The van der Waals surface area contributed by atoms with Crippen molar-refractivity contribution in [3.8, 4) is 0 Å². The van der Waals surface area contributed by atoms with Crippen molar-refractivity contribution < 1.29 is 14.4 Å². The Bertz CT molecular complexity index is 921. The number of hydrogen-bond acceptors (Lipinski definition) is 3. The summed E-state index contributed by atoms with van der Waals surface area (Å²) in [6, 6.07) is 12.1. The summed E-state index contributed by atoms with van der Waals surface area (Å²) in [4.78, 5) is 40.5. The van der Waals surface area contributed by atoms with E-state index in [0.29, 0.717) is 5.69 Å². The molecule has 0 saturated carbocycles. The Labute approximate surface area is 165 Å². The van der Waals surface area contributed by atoms with Crippen LogP contribution in [0.3, 0.4) is 0 Å². The molecule has 0 radical (unpaired) electrons. The van der Waals surface area contributed by atoms with Crippen LogP contribution in [0.2, 0.25) is 0 Å². The van der Waals surface area contributed by atoms with Crippen LogP contribution in [0.4, 0.5) is 16.2 Å². The van der Waals surface area contributed by atoms with Gasteiger partial charge in [0.15, 0.2) is 0 Å². The quantitative estimate of drug-likeness (QED) is 0.806. The van der Waals surface area contributed by atoms with E-state index in [9.17, 15) is 14.4 Å². The van der Waals surface area contributed by atoms with Gasteiger partial charge in [0, 0.05) is 11.4 Å². The van der Waals surface area contributed by atoms with Crippen LogP contribution >= 0.6 is 0 Å². The molecule has 3 rings (SSSR count). The summed E-state index contributed by atoms with van der Waals surface area (Å²) >= 11 is 0. The van der Waals surface area contributed by atoms with E-state index in [4.69, 9.17) is 0 Å². The van der Waals surface area contributed by atoms with Crippen LogP contribution in [0.1, 0.15) is 30.5 Å². The number of benzene rings is 2. The number of nitrogens with one attached hydrogen (secondary N) is 1. The van der Waals surface area contributed by atoms with Gasteiger partial charge in [-0.3, -0.25) is 19.4 Å². The van der Waals surface area contributed by atoms with Gasteiger partial charge < -0.3 is 5.32 Å². The molecular weight excluding hydrogens is 354 g/mol. The summed E-state index contributed by atoms with van der Waals surface area (Å²) in [5, 5.41) is 2.87. The molecule has 0 aliphatic carbocycles. The fraction of sp³-hybridized carbons (Fsp3) is 0.318. The molecule has 6 nitrogen and oxygen atoms in total. The number of urea groups is 1. The van der Waals surface area contributed by atoms with E-state index in [1.165, 1.54) is 4.90 Å². The lowest BCUT2D eigenvalue weighted by atomic mass is 10.1. The summed E-state index contributed by atoms with van der Waals surface area (Å²) < 4.78 is 0. The van der Waals surface area contributed by atoms with Gasteiger partial charge in [0.25, 0.3) is 5.91 Å². The normalized spacial score (nSPS) is 16.6. The zero-order chi connectivity index (χ0) is 20.4. The number of carbonyl (C=O) groups excluding carboxylic acids is 3. The lowest BCUT2D eigenvalue weighted by Gasteiger charge is -2.19. The van der Waals surface area contributed by atoms with E-state index in [0.717, 1.165) is 33.7 Å². The molecule has 0 spiro atoms. The van der Waals surface area contributed by atoms with Gasteiger partial charge in [-0.15, -0.1) is 0 Å².